The first-order valence-corrected chi connectivity index (χ1v) is 9.03. The number of rotatable bonds is 3. The van der Waals surface area contributed by atoms with Gasteiger partial charge in [-0.1, -0.05) is 19.3 Å². The summed E-state index contributed by atoms with van der Waals surface area (Å²) in [5.41, 5.74) is -0.0237. The molecule has 0 bridgehead atoms. The van der Waals surface area contributed by atoms with Crippen LogP contribution in [0.3, 0.4) is 0 Å². The van der Waals surface area contributed by atoms with E-state index in [0.29, 0.717) is 0 Å². The second kappa shape index (κ2) is 6.09. The predicted molar refractivity (Wildman–Crippen MR) is 89.0 cm³/mol. The van der Waals surface area contributed by atoms with E-state index in [4.69, 9.17) is 9.47 Å². The summed E-state index contributed by atoms with van der Waals surface area (Å²) < 4.78 is 13.3. The first-order chi connectivity index (χ1) is 10.1. The van der Waals surface area contributed by atoms with E-state index in [0.717, 1.165) is 39.7 Å². The van der Waals surface area contributed by atoms with Crippen molar-refractivity contribution in [3.8, 4) is 11.5 Å². The summed E-state index contributed by atoms with van der Waals surface area (Å²) in [7, 11) is 1.65. The lowest BCUT2D eigenvalue weighted by molar-refractivity contribution is -0.172. The maximum absolute atomic E-state index is 10.3. The lowest BCUT2D eigenvalue weighted by Gasteiger charge is -2.55. The Hall–Kier alpha value is -0.260. The summed E-state index contributed by atoms with van der Waals surface area (Å²) >= 11 is 7.04. The Kier molecular flexibility index (Phi) is 4.53. The molecule has 2 fully saturated rings. The Balaban J connectivity index is 1.79. The van der Waals surface area contributed by atoms with Crippen LogP contribution in [-0.4, -0.2) is 24.4 Å². The second-order valence-corrected chi connectivity index (χ2v) is 7.78. The highest BCUT2D eigenvalue weighted by atomic mass is 79.9. The molecular weight excluding hydrogens is 400 g/mol. The van der Waals surface area contributed by atoms with Crippen LogP contribution in [0.2, 0.25) is 0 Å². The van der Waals surface area contributed by atoms with Crippen molar-refractivity contribution in [1.29, 1.82) is 0 Å². The minimum absolute atomic E-state index is 0.0237. The van der Waals surface area contributed by atoms with E-state index in [1.807, 2.05) is 12.1 Å². The summed E-state index contributed by atoms with van der Waals surface area (Å²) in [6.07, 6.45) is 6.47. The highest BCUT2D eigenvalue weighted by Crippen LogP contribution is 2.54. The molecule has 1 N–H and O–H groups in total. The van der Waals surface area contributed by atoms with E-state index < -0.39 is 0 Å². The monoisotopic (exact) mass is 418 g/mol. The van der Waals surface area contributed by atoms with Gasteiger partial charge in [0.15, 0.2) is 0 Å². The fraction of sp³-hybridized carbons (Fsp3) is 0.625. The van der Waals surface area contributed by atoms with Crippen LogP contribution in [0, 0.1) is 5.41 Å². The van der Waals surface area contributed by atoms with Crippen LogP contribution in [0.1, 0.15) is 38.5 Å². The third-order valence-electron chi connectivity index (χ3n) is 5.00. The number of methoxy groups -OCH3 is 1. The summed E-state index contributed by atoms with van der Waals surface area (Å²) in [4.78, 5) is 0. The molecule has 0 amide bonds. The number of hydrogen-bond acceptors (Lipinski definition) is 3. The van der Waals surface area contributed by atoms with Crippen molar-refractivity contribution in [2.45, 2.75) is 50.7 Å². The van der Waals surface area contributed by atoms with Gasteiger partial charge in [-0.2, -0.15) is 0 Å². The summed E-state index contributed by atoms with van der Waals surface area (Å²) in [5, 5.41) is 10.3. The molecule has 0 aliphatic heterocycles. The van der Waals surface area contributed by atoms with E-state index >= 15 is 0 Å². The topological polar surface area (TPSA) is 38.7 Å². The van der Waals surface area contributed by atoms with Gasteiger partial charge in [0.25, 0.3) is 0 Å². The third-order valence-corrected chi connectivity index (χ3v) is 6.24. The van der Waals surface area contributed by atoms with Crippen molar-refractivity contribution >= 4 is 31.9 Å². The van der Waals surface area contributed by atoms with Gasteiger partial charge >= 0.3 is 0 Å². The number of aliphatic hydroxyl groups excluding tert-OH is 1. The zero-order valence-electron chi connectivity index (χ0n) is 12.1. The largest absolute Gasteiger partial charge is 0.496 e. The van der Waals surface area contributed by atoms with Gasteiger partial charge in [-0.15, -0.1) is 0 Å². The quantitative estimate of drug-likeness (QED) is 0.772. The molecule has 2 unspecified atom stereocenters. The number of aliphatic hydroxyl groups is 1. The van der Waals surface area contributed by atoms with Crippen LogP contribution in [0.15, 0.2) is 21.1 Å². The molecule has 2 aliphatic carbocycles. The van der Waals surface area contributed by atoms with Crippen LogP contribution >= 0.6 is 31.9 Å². The number of ether oxygens (including phenoxy) is 2. The first-order valence-electron chi connectivity index (χ1n) is 7.44. The number of hydrogen-bond donors (Lipinski definition) is 1. The Bertz CT molecular complexity index is 526. The number of benzene rings is 1. The summed E-state index contributed by atoms with van der Waals surface area (Å²) in [6.45, 7) is 0. The van der Waals surface area contributed by atoms with Gasteiger partial charge in [-0.25, -0.2) is 0 Å². The van der Waals surface area contributed by atoms with Crippen LogP contribution < -0.4 is 9.47 Å². The van der Waals surface area contributed by atoms with Crippen molar-refractivity contribution < 1.29 is 14.6 Å². The Morgan fingerprint density at radius 3 is 2.33 bits per heavy atom. The lowest BCUT2D eigenvalue weighted by atomic mass is 9.56. The van der Waals surface area contributed by atoms with Crippen molar-refractivity contribution in [2.24, 2.45) is 5.41 Å². The maximum Gasteiger partial charge on any atom is 0.135 e. The van der Waals surface area contributed by atoms with Crippen LogP contribution in [0.4, 0.5) is 0 Å². The van der Waals surface area contributed by atoms with Gasteiger partial charge in [-0.05, 0) is 56.8 Å². The minimum Gasteiger partial charge on any atom is -0.496 e. The normalized spacial score (nSPS) is 27.2. The van der Waals surface area contributed by atoms with Gasteiger partial charge in [0.2, 0.25) is 0 Å². The predicted octanol–water partition coefficient (Wildman–Crippen LogP) is 4.68. The second-order valence-electron chi connectivity index (χ2n) is 6.07. The molecule has 5 heteroatoms. The lowest BCUT2D eigenvalue weighted by Crippen LogP contribution is -2.60. The average Bonchev–Trinajstić information content (AvgIpc) is 2.50. The van der Waals surface area contributed by atoms with Crippen LogP contribution in [0.25, 0.3) is 0 Å². The zero-order valence-corrected chi connectivity index (χ0v) is 15.2. The highest BCUT2D eigenvalue weighted by molar-refractivity contribution is 9.11. The van der Waals surface area contributed by atoms with Crippen molar-refractivity contribution in [1.82, 2.24) is 0 Å². The summed E-state index contributed by atoms with van der Waals surface area (Å²) in [5.74, 6) is 1.58. The molecule has 2 aliphatic rings. The first kappa shape index (κ1) is 15.6. The molecule has 0 aromatic heterocycles. The van der Waals surface area contributed by atoms with E-state index in [2.05, 4.69) is 31.9 Å². The highest BCUT2D eigenvalue weighted by Gasteiger charge is 2.56. The number of halogens is 2. The Morgan fingerprint density at radius 2 is 1.71 bits per heavy atom. The van der Waals surface area contributed by atoms with Gasteiger partial charge in [0.05, 0.1) is 22.2 Å². The van der Waals surface area contributed by atoms with Crippen molar-refractivity contribution in [3.63, 3.8) is 0 Å². The van der Waals surface area contributed by atoms with Crippen molar-refractivity contribution in [3.05, 3.63) is 21.1 Å². The molecule has 116 valence electrons. The molecule has 1 aromatic rings. The molecule has 2 saturated carbocycles. The molecular formula is C16H20Br2O3. The maximum atomic E-state index is 10.3. The van der Waals surface area contributed by atoms with E-state index in [1.54, 1.807) is 7.11 Å². The molecule has 3 nitrogen and oxygen atoms in total. The molecule has 0 saturated heterocycles. The molecule has 0 heterocycles. The molecule has 1 aromatic carbocycles. The fourth-order valence-corrected chi connectivity index (χ4v) is 4.57. The molecule has 21 heavy (non-hydrogen) atoms. The van der Waals surface area contributed by atoms with Crippen LogP contribution in [-0.2, 0) is 0 Å². The minimum atomic E-state index is -0.205. The van der Waals surface area contributed by atoms with Gasteiger partial charge in [-0.3, -0.25) is 0 Å². The average molecular weight is 420 g/mol. The molecule has 2 atom stereocenters. The smallest absolute Gasteiger partial charge is 0.135 e. The molecule has 3 rings (SSSR count). The van der Waals surface area contributed by atoms with Crippen LogP contribution in [0.5, 0.6) is 11.5 Å². The SMILES string of the molecule is COc1cc(Br)c(OC2CC(O)C23CCCCC3)cc1Br. The van der Waals surface area contributed by atoms with Gasteiger partial charge in [0, 0.05) is 11.8 Å². The van der Waals surface area contributed by atoms with Gasteiger partial charge < -0.3 is 14.6 Å². The standard InChI is InChI=1S/C16H20Br2O3/c1-20-12-7-11(18)13(8-10(12)17)21-15-9-14(19)16(15)5-3-2-4-6-16/h7-8,14-15,19H,2-6,9H2,1H3. The van der Waals surface area contributed by atoms with E-state index in [-0.39, 0.29) is 17.6 Å². The van der Waals surface area contributed by atoms with Crippen molar-refractivity contribution in [2.75, 3.05) is 7.11 Å². The molecule has 1 spiro atoms. The Labute approximate surface area is 142 Å². The Morgan fingerprint density at radius 1 is 1.10 bits per heavy atom. The molecule has 0 radical (unpaired) electrons. The van der Waals surface area contributed by atoms with Gasteiger partial charge in [0.1, 0.15) is 17.6 Å². The van der Waals surface area contributed by atoms with E-state index in [9.17, 15) is 5.11 Å². The van der Waals surface area contributed by atoms with E-state index in [1.165, 1.54) is 19.3 Å². The third kappa shape index (κ3) is 2.73. The fourth-order valence-electron chi connectivity index (χ4n) is 3.67. The zero-order chi connectivity index (χ0) is 15.0. The summed E-state index contributed by atoms with van der Waals surface area (Å²) in [6, 6.07) is 3.84.